The predicted octanol–water partition coefficient (Wildman–Crippen LogP) is 9.15. The zero-order valence-electron chi connectivity index (χ0n) is 54.8. The molecule has 3 saturated heterocycles. The lowest BCUT2D eigenvalue weighted by Gasteiger charge is -2.45. The van der Waals surface area contributed by atoms with Crippen LogP contribution in [0.2, 0.25) is 0 Å². The van der Waals surface area contributed by atoms with E-state index >= 15 is 0 Å². The number of aryl methyl sites for hydroxylation is 1. The normalized spacial score (nSPS) is 19.1. The van der Waals surface area contributed by atoms with Gasteiger partial charge in [-0.2, -0.15) is 8.78 Å². The molecule has 5 aromatic rings. The highest BCUT2D eigenvalue weighted by Gasteiger charge is 2.51. The molecule has 3 fully saturated rings. The SMILES string of the molecule is Cc1ncsc1-c1ccc([C@H](C)NC(=O)[C@@H]2C[C@@H](O)CN2C(=O)[C@@H](NC(=O)CCCCCCCCCNC(=O)CC(=O)N2CCN(C(=O)[C@@H](NC(=O)c3cc4cc(C(F)(F)P(=O)(O)O)ccc4s3)C(C)(C)C)[C@H](C(=O)N3CCC[C@H](c4ccccc4)C3)C2)C(C)(C)C)cc1. The van der Waals surface area contributed by atoms with Crippen molar-refractivity contribution < 1.29 is 66.6 Å². The quantitative estimate of drug-likeness (QED) is 0.0163. The van der Waals surface area contributed by atoms with E-state index in [1.54, 1.807) is 42.5 Å². The molecule has 0 unspecified atom stereocenters. The minimum absolute atomic E-state index is 0.00232. The molecule has 5 heterocycles. The van der Waals surface area contributed by atoms with Gasteiger partial charge in [0.05, 0.1) is 39.6 Å². The number of carbonyl (C=O) groups is 8. The molecule has 26 heteroatoms. The van der Waals surface area contributed by atoms with Gasteiger partial charge in [-0.05, 0) is 90.6 Å². The van der Waals surface area contributed by atoms with Crippen molar-refractivity contribution in [3.8, 4) is 10.4 Å². The summed E-state index contributed by atoms with van der Waals surface area (Å²) >= 11 is 2.50. The first-order chi connectivity index (χ1) is 44.3. The average Bonchev–Trinajstić information content (AvgIpc) is 1.31. The lowest BCUT2D eigenvalue weighted by molar-refractivity contribution is -0.155. The summed E-state index contributed by atoms with van der Waals surface area (Å²) in [6.07, 6.45) is 5.90. The fourth-order valence-electron chi connectivity index (χ4n) is 12.5. The van der Waals surface area contributed by atoms with Crippen LogP contribution >= 0.6 is 30.3 Å². The Balaban J connectivity index is 0.782. The number of thiophene rings is 1. The van der Waals surface area contributed by atoms with Gasteiger partial charge in [-0.1, -0.05) is 134 Å². The fraction of sp³-hybridized carbons (Fsp3) is 0.544. The molecule has 0 spiro atoms. The second kappa shape index (κ2) is 31.2. The number of amides is 8. The smallest absolute Gasteiger partial charge is 0.391 e. The molecule has 2 aromatic heterocycles. The minimum Gasteiger partial charge on any atom is -0.391 e. The third-order valence-corrected chi connectivity index (χ3v) is 21.0. The number of piperazine rings is 1. The predicted molar refractivity (Wildman–Crippen MR) is 356 cm³/mol. The van der Waals surface area contributed by atoms with Crippen molar-refractivity contribution in [1.29, 1.82) is 0 Å². The number of likely N-dealkylation sites (tertiary alicyclic amines) is 2. The number of alkyl halides is 2. The number of rotatable bonds is 25. The summed E-state index contributed by atoms with van der Waals surface area (Å²) in [6.45, 7) is 15.4. The number of nitrogens with zero attached hydrogens (tertiary/aromatic N) is 5. The molecule has 0 radical (unpaired) electrons. The second-order valence-electron chi connectivity index (χ2n) is 27.3. The third-order valence-electron chi connectivity index (χ3n) is 17.9. The summed E-state index contributed by atoms with van der Waals surface area (Å²) in [5.41, 5.74) is -1.31. The Kier molecular flexibility index (Phi) is 24.2. The summed E-state index contributed by atoms with van der Waals surface area (Å²) in [6, 6.07) is 17.4. The molecule has 0 saturated carbocycles. The van der Waals surface area contributed by atoms with Crippen molar-refractivity contribution in [2.75, 3.05) is 45.8 Å². The van der Waals surface area contributed by atoms with E-state index in [1.165, 1.54) is 26.8 Å². The second-order valence-corrected chi connectivity index (χ2v) is 30.9. The van der Waals surface area contributed by atoms with Crippen molar-refractivity contribution in [1.82, 2.24) is 45.9 Å². The van der Waals surface area contributed by atoms with Crippen LogP contribution in [-0.2, 0) is 43.8 Å². The molecular formula is C68H90F2N9O12PS2. The van der Waals surface area contributed by atoms with Crippen LogP contribution in [0.5, 0.6) is 0 Å². The van der Waals surface area contributed by atoms with Gasteiger partial charge in [-0.15, -0.1) is 22.7 Å². The zero-order valence-corrected chi connectivity index (χ0v) is 57.4. The number of aliphatic hydroxyl groups excluding tert-OH is 1. The number of aliphatic hydroxyl groups is 1. The highest BCUT2D eigenvalue weighted by molar-refractivity contribution is 7.52. The van der Waals surface area contributed by atoms with E-state index in [1.807, 2.05) is 89.2 Å². The topological polar surface area (TPSA) is 288 Å². The van der Waals surface area contributed by atoms with Crippen LogP contribution in [0.15, 0.2) is 84.4 Å². The first kappa shape index (κ1) is 72.8. The molecule has 3 aliphatic heterocycles. The van der Waals surface area contributed by atoms with Crippen LogP contribution in [0.25, 0.3) is 20.5 Å². The van der Waals surface area contributed by atoms with Gasteiger partial charge in [-0.25, -0.2) is 4.98 Å². The fourth-order valence-corrected chi connectivity index (χ4v) is 14.7. The zero-order chi connectivity index (χ0) is 68.5. The Bertz CT molecular complexity index is 3570. The highest BCUT2D eigenvalue weighted by atomic mass is 32.1. The molecule has 8 rings (SSSR count). The van der Waals surface area contributed by atoms with Crippen molar-refractivity contribution in [3.63, 3.8) is 0 Å². The maximum atomic E-state index is 14.9. The molecule has 94 heavy (non-hydrogen) atoms. The maximum absolute atomic E-state index is 14.9. The number of nitrogens with one attached hydrogen (secondary N) is 4. The van der Waals surface area contributed by atoms with Gasteiger partial charge in [0, 0.05) is 68.3 Å². The van der Waals surface area contributed by atoms with E-state index < -0.39 is 95.9 Å². The molecule has 7 N–H and O–H groups in total. The summed E-state index contributed by atoms with van der Waals surface area (Å²) in [7, 11) is -5.87. The number of thiazole rings is 1. The molecule has 510 valence electrons. The van der Waals surface area contributed by atoms with Crippen LogP contribution in [0.4, 0.5) is 8.78 Å². The molecule has 0 bridgehead atoms. The average molecular weight is 1360 g/mol. The maximum Gasteiger partial charge on any atom is 0.399 e. The number of piperidine rings is 1. The van der Waals surface area contributed by atoms with E-state index in [0.29, 0.717) is 43.6 Å². The Morgan fingerprint density at radius 1 is 0.723 bits per heavy atom. The first-order valence-corrected chi connectivity index (χ1v) is 35.7. The summed E-state index contributed by atoms with van der Waals surface area (Å²) in [4.78, 5) is 142. The molecular weight excluding hydrogens is 1270 g/mol. The number of fused-ring (bicyclic) bond motifs is 1. The minimum atomic E-state index is -5.87. The van der Waals surface area contributed by atoms with Crippen LogP contribution in [0, 0.1) is 17.8 Å². The Morgan fingerprint density at radius 2 is 1.37 bits per heavy atom. The Hall–Kier alpha value is -7.02. The van der Waals surface area contributed by atoms with Gasteiger partial charge < -0.3 is 55.8 Å². The van der Waals surface area contributed by atoms with E-state index in [2.05, 4.69) is 26.3 Å². The van der Waals surface area contributed by atoms with Crippen molar-refractivity contribution in [2.24, 2.45) is 10.8 Å². The van der Waals surface area contributed by atoms with E-state index in [-0.39, 0.29) is 79.0 Å². The number of halogens is 2. The van der Waals surface area contributed by atoms with E-state index in [4.69, 9.17) is 0 Å². The summed E-state index contributed by atoms with van der Waals surface area (Å²) in [5.74, 6) is -3.74. The lowest BCUT2D eigenvalue weighted by atomic mass is 9.85. The molecule has 7 atom stereocenters. The largest absolute Gasteiger partial charge is 0.399 e. The molecule has 8 amide bonds. The lowest BCUT2D eigenvalue weighted by Crippen LogP contribution is -2.66. The van der Waals surface area contributed by atoms with Crippen LogP contribution in [0.1, 0.15) is 170 Å². The van der Waals surface area contributed by atoms with Gasteiger partial charge in [0.2, 0.25) is 41.4 Å². The van der Waals surface area contributed by atoms with Crippen molar-refractivity contribution >= 4 is 87.6 Å². The van der Waals surface area contributed by atoms with Gasteiger partial charge in [0.15, 0.2) is 0 Å². The van der Waals surface area contributed by atoms with E-state index in [0.717, 1.165) is 89.3 Å². The van der Waals surface area contributed by atoms with Crippen LogP contribution in [0.3, 0.4) is 0 Å². The molecule has 0 aliphatic carbocycles. The van der Waals surface area contributed by atoms with Crippen molar-refractivity contribution in [2.45, 2.75) is 180 Å². The van der Waals surface area contributed by atoms with Crippen molar-refractivity contribution in [3.05, 3.63) is 112 Å². The number of unbranched alkanes of at least 4 members (excludes halogenated alkanes) is 6. The molecule has 3 aromatic carbocycles. The highest BCUT2D eigenvalue weighted by Crippen LogP contribution is 2.59. The van der Waals surface area contributed by atoms with Crippen LogP contribution < -0.4 is 21.3 Å². The third kappa shape index (κ3) is 18.3. The Morgan fingerprint density at radius 3 is 2.02 bits per heavy atom. The first-order valence-electron chi connectivity index (χ1n) is 32.4. The van der Waals surface area contributed by atoms with Crippen LogP contribution in [-0.4, -0.2) is 163 Å². The number of hydrogen-bond donors (Lipinski definition) is 7. The Labute approximate surface area is 556 Å². The number of hydrogen-bond acceptors (Lipinski definition) is 13. The van der Waals surface area contributed by atoms with Gasteiger partial charge in [-0.3, -0.25) is 42.9 Å². The van der Waals surface area contributed by atoms with Gasteiger partial charge >= 0.3 is 13.3 Å². The standard InChI is InChI=1S/C68H90F2N9O12PS2/c1-42(44-24-26-46(27-25-44)58-43(2)72-41-93-58)73-61(84)51-36-50(80)39-79(51)65(88)59(66(3,4)5)74-55(81)23-17-12-10-9-11-13-18-30-71-56(82)37-57(83)76-32-33-78(52(40-76)63(86)77-31-19-22-47(38-77)45-20-15-14-16-21-45)64(87)60(67(6,7)8)75-62(85)54-35-48-34-49(28-29-53(48)94-54)68(69,70)92(89,90)91/h14-16,20-21,24-29,34-35,41-42,47,50-52,59-60,80H,9-13,17-19,22-23,30-33,36-40H2,1-8H3,(H,71,82)(H,73,84)(H,74,81)(H,75,85)(H2,89,90,91)/t42-,47-,50+,51-,52-,59+,60+/m0/s1. The monoisotopic (exact) mass is 1360 g/mol. The summed E-state index contributed by atoms with van der Waals surface area (Å²) < 4.78 is 41.3. The number of aromatic nitrogens is 1. The summed E-state index contributed by atoms with van der Waals surface area (Å²) in [5, 5.41) is 22.5. The molecule has 21 nitrogen and oxygen atoms in total. The number of benzene rings is 3. The van der Waals surface area contributed by atoms with Gasteiger partial charge in [0.1, 0.15) is 30.6 Å². The number of carbonyl (C=O) groups excluding carboxylic acids is 8. The number of β-amino-alcohol motifs (C(OH)–C–C–N with tert-alkyl or cyclic N) is 1. The molecule has 3 aliphatic rings. The van der Waals surface area contributed by atoms with Gasteiger partial charge in [0.25, 0.3) is 5.91 Å². The van der Waals surface area contributed by atoms with E-state index in [9.17, 15) is 66.6 Å².